The van der Waals surface area contributed by atoms with E-state index in [9.17, 15) is 0 Å². The summed E-state index contributed by atoms with van der Waals surface area (Å²) in [4.78, 5) is 0. The van der Waals surface area contributed by atoms with Crippen molar-refractivity contribution in [1.82, 2.24) is 0 Å². The fourth-order valence-electron chi connectivity index (χ4n) is 4.45. The average Bonchev–Trinajstić information content (AvgIpc) is 2.22. The summed E-state index contributed by atoms with van der Waals surface area (Å²) in [7, 11) is 0. The number of allylic oxidation sites excluding steroid dienone is 2. The SMILES string of the molecule is N#C/C(Cl)=C/C1C2CC3CC(C2)CC1C3. The van der Waals surface area contributed by atoms with Crippen molar-refractivity contribution in [2.24, 2.45) is 29.6 Å². The van der Waals surface area contributed by atoms with Crippen molar-refractivity contribution in [3.05, 3.63) is 11.1 Å². The van der Waals surface area contributed by atoms with Gasteiger partial charge in [0.05, 0.1) is 0 Å². The normalized spacial score (nSPS) is 48.0. The standard InChI is InChI=1S/C13H16ClN/c14-12(7-15)6-13-10-2-8-1-9(4-10)5-11(13)3-8/h6,8-11,13H,1-5H2/b12-6-. The molecule has 0 unspecified atom stereocenters. The zero-order valence-corrected chi connectivity index (χ0v) is 9.58. The molecular formula is C13H16ClN. The van der Waals surface area contributed by atoms with Gasteiger partial charge in [0.2, 0.25) is 0 Å². The summed E-state index contributed by atoms with van der Waals surface area (Å²) in [6.45, 7) is 0. The monoisotopic (exact) mass is 221 g/mol. The van der Waals surface area contributed by atoms with Crippen molar-refractivity contribution < 1.29 is 0 Å². The summed E-state index contributed by atoms with van der Waals surface area (Å²) >= 11 is 5.86. The lowest BCUT2D eigenvalue weighted by Gasteiger charge is -2.53. The van der Waals surface area contributed by atoms with Crippen LogP contribution >= 0.6 is 11.6 Å². The van der Waals surface area contributed by atoms with E-state index in [-0.39, 0.29) is 0 Å². The fourth-order valence-corrected chi connectivity index (χ4v) is 4.59. The molecule has 15 heavy (non-hydrogen) atoms. The highest BCUT2D eigenvalue weighted by Crippen LogP contribution is 2.57. The highest BCUT2D eigenvalue weighted by Gasteiger charge is 2.47. The van der Waals surface area contributed by atoms with E-state index in [2.05, 4.69) is 12.1 Å². The van der Waals surface area contributed by atoms with Crippen LogP contribution in [0.1, 0.15) is 32.1 Å². The third kappa shape index (κ3) is 1.60. The predicted octanol–water partition coefficient (Wildman–Crippen LogP) is 3.70. The number of nitriles is 1. The number of hydrogen-bond acceptors (Lipinski definition) is 1. The molecule has 4 saturated carbocycles. The Morgan fingerprint density at radius 3 is 2.07 bits per heavy atom. The van der Waals surface area contributed by atoms with Gasteiger partial charge in [-0.25, -0.2) is 0 Å². The molecule has 0 amide bonds. The molecule has 0 saturated heterocycles. The third-order valence-electron chi connectivity index (χ3n) is 4.75. The van der Waals surface area contributed by atoms with Crippen molar-refractivity contribution in [2.75, 3.05) is 0 Å². The Bertz CT molecular complexity index is 311. The van der Waals surface area contributed by atoms with Gasteiger partial charge in [-0.1, -0.05) is 17.7 Å². The van der Waals surface area contributed by atoms with Gasteiger partial charge in [-0.15, -0.1) is 0 Å². The molecule has 0 aromatic rings. The molecule has 1 nitrogen and oxygen atoms in total. The molecular weight excluding hydrogens is 206 g/mol. The average molecular weight is 222 g/mol. The molecule has 4 rings (SSSR count). The molecule has 4 aliphatic carbocycles. The van der Waals surface area contributed by atoms with Crippen LogP contribution in [0.2, 0.25) is 0 Å². The maximum absolute atomic E-state index is 8.74. The Kier molecular flexibility index (Phi) is 2.29. The van der Waals surface area contributed by atoms with E-state index in [4.69, 9.17) is 16.9 Å². The molecule has 0 spiro atoms. The van der Waals surface area contributed by atoms with E-state index < -0.39 is 0 Å². The number of halogens is 1. The molecule has 0 aliphatic heterocycles. The van der Waals surface area contributed by atoms with E-state index in [1.54, 1.807) is 0 Å². The molecule has 0 aromatic carbocycles. The van der Waals surface area contributed by atoms with E-state index in [1.165, 1.54) is 32.1 Å². The van der Waals surface area contributed by atoms with Crippen molar-refractivity contribution in [3.63, 3.8) is 0 Å². The van der Waals surface area contributed by atoms with Crippen LogP contribution in [0, 0.1) is 40.9 Å². The first-order chi connectivity index (χ1) is 7.26. The highest BCUT2D eigenvalue weighted by molar-refractivity contribution is 6.31. The molecule has 0 N–H and O–H groups in total. The molecule has 0 aromatic heterocycles. The van der Waals surface area contributed by atoms with Crippen molar-refractivity contribution >= 4 is 11.6 Å². The summed E-state index contributed by atoms with van der Waals surface area (Å²) in [5, 5.41) is 9.15. The molecule has 0 radical (unpaired) electrons. The molecule has 0 heterocycles. The van der Waals surface area contributed by atoms with Crippen LogP contribution in [0.5, 0.6) is 0 Å². The minimum atomic E-state index is 0.410. The van der Waals surface area contributed by atoms with Crippen molar-refractivity contribution in [2.45, 2.75) is 32.1 Å². The molecule has 2 heteroatoms. The van der Waals surface area contributed by atoms with Crippen molar-refractivity contribution in [3.8, 4) is 6.07 Å². The van der Waals surface area contributed by atoms with Gasteiger partial charge >= 0.3 is 0 Å². The molecule has 4 fully saturated rings. The van der Waals surface area contributed by atoms with Gasteiger partial charge in [-0.05, 0) is 61.7 Å². The molecule has 0 atom stereocenters. The summed E-state index contributed by atoms with van der Waals surface area (Å²) in [6, 6.07) is 2.05. The predicted molar refractivity (Wildman–Crippen MR) is 60.1 cm³/mol. The Morgan fingerprint density at radius 1 is 1.07 bits per heavy atom. The van der Waals surface area contributed by atoms with Crippen LogP contribution in [-0.2, 0) is 0 Å². The summed E-state index contributed by atoms with van der Waals surface area (Å²) in [5.41, 5.74) is 0. The maximum atomic E-state index is 8.74. The first kappa shape index (κ1) is 9.73. The lowest BCUT2D eigenvalue weighted by molar-refractivity contribution is -0.0162. The van der Waals surface area contributed by atoms with Crippen LogP contribution in [0.25, 0.3) is 0 Å². The largest absolute Gasteiger partial charge is 0.191 e. The number of rotatable bonds is 1. The van der Waals surface area contributed by atoms with E-state index in [0.29, 0.717) is 11.0 Å². The fraction of sp³-hybridized carbons (Fsp3) is 0.769. The number of nitrogens with zero attached hydrogens (tertiary/aromatic N) is 1. The molecule has 4 aliphatic rings. The third-order valence-corrected chi connectivity index (χ3v) is 4.96. The van der Waals surface area contributed by atoms with E-state index in [1.807, 2.05) is 0 Å². The number of hydrogen-bond donors (Lipinski definition) is 0. The summed E-state index contributed by atoms with van der Waals surface area (Å²) in [5.74, 6) is 4.28. The zero-order chi connectivity index (χ0) is 10.4. The van der Waals surface area contributed by atoms with Gasteiger partial charge in [0, 0.05) is 0 Å². The molecule has 4 bridgehead atoms. The van der Waals surface area contributed by atoms with Crippen LogP contribution in [0.15, 0.2) is 11.1 Å². The van der Waals surface area contributed by atoms with Crippen LogP contribution in [-0.4, -0.2) is 0 Å². The minimum absolute atomic E-state index is 0.410. The van der Waals surface area contributed by atoms with Gasteiger partial charge < -0.3 is 0 Å². The maximum Gasteiger partial charge on any atom is 0.114 e. The lowest BCUT2D eigenvalue weighted by atomic mass is 9.52. The second-order valence-electron chi connectivity index (χ2n) is 5.63. The van der Waals surface area contributed by atoms with Gasteiger partial charge in [0.25, 0.3) is 0 Å². The van der Waals surface area contributed by atoms with Crippen molar-refractivity contribution in [1.29, 1.82) is 5.26 Å². The first-order valence-corrected chi connectivity index (χ1v) is 6.41. The van der Waals surface area contributed by atoms with Gasteiger partial charge in [-0.2, -0.15) is 5.26 Å². The smallest absolute Gasteiger partial charge is 0.114 e. The van der Waals surface area contributed by atoms with E-state index in [0.717, 1.165) is 23.7 Å². The van der Waals surface area contributed by atoms with Crippen LogP contribution < -0.4 is 0 Å². The lowest BCUT2D eigenvalue weighted by Crippen LogP contribution is -2.44. The Hall–Kier alpha value is -0.480. The minimum Gasteiger partial charge on any atom is -0.191 e. The van der Waals surface area contributed by atoms with Gasteiger partial charge in [-0.3, -0.25) is 0 Å². The Balaban J connectivity index is 1.84. The Morgan fingerprint density at radius 2 is 1.60 bits per heavy atom. The second-order valence-corrected chi connectivity index (χ2v) is 6.04. The van der Waals surface area contributed by atoms with Crippen LogP contribution in [0.4, 0.5) is 0 Å². The van der Waals surface area contributed by atoms with E-state index >= 15 is 0 Å². The van der Waals surface area contributed by atoms with Gasteiger partial charge in [0.15, 0.2) is 0 Å². The first-order valence-electron chi connectivity index (χ1n) is 6.03. The topological polar surface area (TPSA) is 23.8 Å². The summed E-state index contributed by atoms with van der Waals surface area (Å²) < 4.78 is 0. The summed E-state index contributed by atoms with van der Waals surface area (Å²) in [6.07, 6.45) is 9.10. The zero-order valence-electron chi connectivity index (χ0n) is 8.82. The molecule has 80 valence electrons. The quantitative estimate of drug-likeness (QED) is 0.620. The van der Waals surface area contributed by atoms with Gasteiger partial charge in [0.1, 0.15) is 11.1 Å². The second kappa shape index (κ2) is 3.52. The Labute approximate surface area is 96.1 Å². The van der Waals surface area contributed by atoms with Crippen LogP contribution in [0.3, 0.4) is 0 Å². The highest BCUT2D eigenvalue weighted by atomic mass is 35.5.